The van der Waals surface area contributed by atoms with Crippen LogP contribution in [0.4, 0.5) is 0 Å². The van der Waals surface area contributed by atoms with E-state index in [-0.39, 0.29) is 17.2 Å². The Bertz CT molecular complexity index is 767. The number of para-hydroxylation sites is 1. The molecule has 1 N–H and O–H groups in total. The molecule has 0 aliphatic carbocycles. The summed E-state index contributed by atoms with van der Waals surface area (Å²) in [6.45, 7) is 3.06. The molecule has 3 rings (SSSR count). The maximum atomic E-state index is 12.9. The average Bonchev–Trinajstić information content (AvgIpc) is 3.16. The lowest BCUT2D eigenvalue weighted by Crippen LogP contribution is -2.34. The minimum absolute atomic E-state index is 0.0650. The molecule has 130 valence electrons. The number of aromatic hydroxyl groups is 1. The van der Waals surface area contributed by atoms with Gasteiger partial charge < -0.3 is 14.7 Å². The van der Waals surface area contributed by atoms with Crippen molar-refractivity contribution in [1.82, 2.24) is 4.90 Å². The number of hydrogen-bond acceptors (Lipinski definition) is 4. The molecule has 0 spiro atoms. The minimum atomic E-state index is -1.01. The summed E-state index contributed by atoms with van der Waals surface area (Å²) in [6, 6.07) is 13.9. The van der Waals surface area contributed by atoms with Crippen LogP contribution in [0.2, 0.25) is 0 Å². The standard InChI is InChI=1S/C20H21NO4/c1-14-8-7-11-16(17(14)22)20(24)25-18(15-9-3-2-4-10-15)19(23)21-12-5-6-13-21/h2-4,7-11,18,22H,5-6,12-13H2,1H3/t18-/m0/s1. The Kier molecular flexibility index (Phi) is 5.03. The first kappa shape index (κ1) is 17.0. The SMILES string of the molecule is Cc1cccc(C(=O)O[C@H](C(=O)N2CCCC2)c2ccccc2)c1O. The molecule has 1 aliphatic rings. The Hall–Kier alpha value is -2.82. The summed E-state index contributed by atoms with van der Waals surface area (Å²) in [5.41, 5.74) is 1.27. The van der Waals surface area contributed by atoms with Crippen molar-refractivity contribution in [2.24, 2.45) is 0 Å². The molecule has 1 heterocycles. The Labute approximate surface area is 146 Å². The predicted octanol–water partition coefficient (Wildman–Crippen LogP) is 3.22. The van der Waals surface area contributed by atoms with Crippen molar-refractivity contribution < 1.29 is 19.4 Å². The predicted molar refractivity (Wildman–Crippen MR) is 93.3 cm³/mol. The van der Waals surface area contributed by atoms with Crippen LogP contribution in [0.5, 0.6) is 5.75 Å². The van der Waals surface area contributed by atoms with Gasteiger partial charge in [0, 0.05) is 18.7 Å². The number of amides is 1. The third kappa shape index (κ3) is 3.65. The second-order valence-electron chi connectivity index (χ2n) is 6.20. The van der Waals surface area contributed by atoms with Crippen molar-refractivity contribution >= 4 is 11.9 Å². The van der Waals surface area contributed by atoms with Crippen LogP contribution in [0.15, 0.2) is 48.5 Å². The number of phenolic OH excluding ortho intramolecular Hbond substituents is 1. The Morgan fingerprint density at radius 3 is 2.40 bits per heavy atom. The first-order chi connectivity index (χ1) is 12.1. The fraction of sp³-hybridized carbons (Fsp3) is 0.300. The molecular formula is C20H21NO4. The summed E-state index contributed by atoms with van der Waals surface area (Å²) in [7, 11) is 0. The molecule has 1 atom stereocenters. The highest BCUT2D eigenvalue weighted by molar-refractivity contribution is 5.95. The molecule has 25 heavy (non-hydrogen) atoms. The second-order valence-corrected chi connectivity index (χ2v) is 6.20. The molecule has 1 fully saturated rings. The van der Waals surface area contributed by atoms with Gasteiger partial charge in [-0.3, -0.25) is 4.79 Å². The highest BCUT2D eigenvalue weighted by Gasteiger charge is 2.31. The van der Waals surface area contributed by atoms with Gasteiger partial charge in [0.15, 0.2) is 0 Å². The topological polar surface area (TPSA) is 66.8 Å². The molecule has 1 amide bonds. The summed E-state index contributed by atoms with van der Waals surface area (Å²) in [6.07, 6.45) is 0.909. The Balaban J connectivity index is 1.88. The molecule has 0 unspecified atom stereocenters. The van der Waals surface area contributed by atoms with Gasteiger partial charge in [0.25, 0.3) is 5.91 Å². The second kappa shape index (κ2) is 7.38. The monoisotopic (exact) mass is 339 g/mol. The van der Waals surface area contributed by atoms with Crippen molar-refractivity contribution in [3.05, 3.63) is 65.2 Å². The van der Waals surface area contributed by atoms with Crippen LogP contribution in [-0.4, -0.2) is 35.0 Å². The van der Waals surface area contributed by atoms with Gasteiger partial charge in [-0.2, -0.15) is 0 Å². The van der Waals surface area contributed by atoms with Gasteiger partial charge in [-0.25, -0.2) is 4.79 Å². The van der Waals surface area contributed by atoms with E-state index in [2.05, 4.69) is 0 Å². The number of carbonyl (C=O) groups excluding carboxylic acids is 2. The smallest absolute Gasteiger partial charge is 0.343 e. The lowest BCUT2D eigenvalue weighted by atomic mass is 10.1. The summed E-state index contributed by atoms with van der Waals surface area (Å²) >= 11 is 0. The molecule has 0 saturated carbocycles. The van der Waals surface area contributed by atoms with E-state index >= 15 is 0 Å². The summed E-state index contributed by atoms with van der Waals surface area (Å²) in [5.74, 6) is -1.04. The maximum Gasteiger partial charge on any atom is 0.343 e. The van der Waals surface area contributed by atoms with Crippen LogP contribution in [0.3, 0.4) is 0 Å². The maximum absolute atomic E-state index is 12.9. The summed E-state index contributed by atoms with van der Waals surface area (Å²) < 4.78 is 5.54. The number of phenols is 1. The fourth-order valence-corrected chi connectivity index (χ4v) is 2.99. The zero-order valence-electron chi connectivity index (χ0n) is 14.1. The highest BCUT2D eigenvalue weighted by Crippen LogP contribution is 2.27. The molecule has 5 nitrogen and oxygen atoms in total. The number of benzene rings is 2. The third-order valence-electron chi connectivity index (χ3n) is 4.43. The Morgan fingerprint density at radius 2 is 1.72 bits per heavy atom. The Morgan fingerprint density at radius 1 is 1.04 bits per heavy atom. The molecule has 2 aromatic rings. The number of likely N-dealkylation sites (tertiary alicyclic amines) is 1. The first-order valence-corrected chi connectivity index (χ1v) is 8.41. The number of esters is 1. The average molecular weight is 339 g/mol. The number of carbonyl (C=O) groups is 2. The summed E-state index contributed by atoms with van der Waals surface area (Å²) in [5, 5.41) is 10.1. The number of rotatable bonds is 4. The van der Waals surface area contributed by atoms with Crippen LogP contribution >= 0.6 is 0 Å². The van der Waals surface area contributed by atoms with Crippen LogP contribution < -0.4 is 0 Å². The van der Waals surface area contributed by atoms with E-state index in [9.17, 15) is 14.7 Å². The van der Waals surface area contributed by atoms with Crippen molar-refractivity contribution in [1.29, 1.82) is 0 Å². The van der Waals surface area contributed by atoms with E-state index in [0.29, 0.717) is 24.2 Å². The number of nitrogens with zero attached hydrogens (tertiary/aromatic N) is 1. The summed E-state index contributed by atoms with van der Waals surface area (Å²) in [4.78, 5) is 27.1. The molecule has 0 bridgehead atoms. The molecular weight excluding hydrogens is 318 g/mol. The van der Waals surface area contributed by atoms with Gasteiger partial charge in [-0.1, -0.05) is 42.5 Å². The van der Waals surface area contributed by atoms with Gasteiger partial charge in [0.05, 0.1) is 0 Å². The van der Waals surface area contributed by atoms with E-state index in [1.807, 2.05) is 6.07 Å². The van der Waals surface area contributed by atoms with Crippen molar-refractivity contribution in [3.8, 4) is 5.75 Å². The number of aryl methyl sites for hydroxylation is 1. The van der Waals surface area contributed by atoms with Crippen LogP contribution in [0.1, 0.15) is 40.4 Å². The molecule has 1 aliphatic heterocycles. The number of hydrogen-bond donors (Lipinski definition) is 1. The first-order valence-electron chi connectivity index (χ1n) is 8.41. The van der Waals surface area contributed by atoms with Crippen molar-refractivity contribution in [2.75, 3.05) is 13.1 Å². The van der Waals surface area contributed by atoms with Crippen LogP contribution in [-0.2, 0) is 9.53 Å². The van der Waals surface area contributed by atoms with Gasteiger partial charge in [0.2, 0.25) is 6.10 Å². The van der Waals surface area contributed by atoms with E-state index in [1.165, 1.54) is 6.07 Å². The zero-order chi connectivity index (χ0) is 17.8. The molecule has 1 saturated heterocycles. The fourth-order valence-electron chi connectivity index (χ4n) is 2.99. The van der Waals surface area contributed by atoms with Gasteiger partial charge >= 0.3 is 5.97 Å². The third-order valence-corrected chi connectivity index (χ3v) is 4.43. The van der Waals surface area contributed by atoms with Crippen LogP contribution in [0.25, 0.3) is 0 Å². The van der Waals surface area contributed by atoms with Gasteiger partial charge in [0.1, 0.15) is 11.3 Å². The van der Waals surface area contributed by atoms with E-state index in [4.69, 9.17) is 4.74 Å². The lowest BCUT2D eigenvalue weighted by molar-refractivity contribution is -0.140. The minimum Gasteiger partial charge on any atom is -0.507 e. The van der Waals surface area contributed by atoms with Crippen molar-refractivity contribution in [3.63, 3.8) is 0 Å². The quantitative estimate of drug-likeness (QED) is 0.869. The lowest BCUT2D eigenvalue weighted by Gasteiger charge is -2.23. The normalized spacial score (nSPS) is 15.0. The number of ether oxygens (including phenoxy) is 1. The molecule has 5 heteroatoms. The van der Waals surface area contributed by atoms with Crippen LogP contribution in [0, 0.1) is 6.92 Å². The van der Waals surface area contributed by atoms with Gasteiger partial charge in [-0.05, 0) is 31.4 Å². The molecule has 2 aromatic carbocycles. The highest BCUT2D eigenvalue weighted by atomic mass is 16.5. The molecule has 0 aromatic heterocycles. The zero-order valence-corrected chi connectivity index (χ0v) is 14.1. The molecule has 0 radical (unpaired) electrons. The van der Waals surface area contributed by atoms with Crippen molar-refractivity contribution in [2.45, 2.75) is 25.9 Å². The largest absolute Gasteiger partial charge is 0.507 e. The van der Waals surface area contributed by atoms with E-state index in [0.717, 1.165) is 12.8 Å². The van der Waals surface area contributed by atoms with E-state index < -0.39 is 12.1 Å². The van der Waals surface area contributed by atoms with Gasteiger partial charge in [-0.15, -0.1) is 0 Å². The van der Waals surface area contributed by atoms with E-state index in [1.54, 1.807) is 48.2 Å².